The van der Waals surface area contributed by atoms with E-state index in [1.165, 1.54) is 22.3 Å². The first-order chi connectivity index (χ1) is 13.6. The quantitative estimate of drug-likeness (QED) is 0.493. The largest absolute Gasteiger partial charge is 0.192 e. The van der Waals surface area contributed by atoms with Gasteiger partial charge in [0.05, 0.1) is 11.6 Å². The maximum Gasteiger partial charge on any atom is 0.0991 e. The van der Waals surface area contributed by atoms with Crippen molar-refractivity contribution in [1.29, 1.82) is 5.26 Å². The summed E-state index contributed by atoms with van der Waals surface area (Å²) in [5.74, 6) is 0. The van der Waals surface area contributed by atoms with Crippen LogP contribution in [0.2, 0.25) is 0 Å². The normalized spacial score (nSPS) is 13.2. The predicted molar refractivity (Wildman–Crippen MR) is 130 cm³/mol. The minimum absolute atomic E-state index is 0.00572. The van der Waals surface area contributed by atoms with Crippen LogP contribution in [-0.2, 0) is 21.7 Å². The Morgan fingerprint density at radius 2 is 1.03 bits per heavy atom. The van der Waals surface area contributed by atoms with Crippen LogP contribution < -0.4 is 0 Å². The van der Waals surface area contributed by atoms with Crippen molar-refractivity contribution in [1.82, 2.24) is 0 Å². The van der Waals surface area contributed by atoms with E-state index in [0.29, 0.717) is 0 Å². The van der Waals surface area contributed by atoms with Crippen LogP contribution in [0, 0.1) is 11.3 Å². The molecule has 30 heavy (non-hydrogen) atoms. The molecule has 0 saturated carbocycles. The second-order valence-corrected chi connectivity index (χ2v) is 12.3. The van der Waals surface area contributed by atoms with Gasteiger partial charge in [0, 0.05) is 0 Å². The van der Waals surface area contributed by atoms with Crippen LogP contribution in [0.3, 0.4) is 0 Å². The topological polar surface area (TPSA) is 23.8 Å². The molecular weight excluding hydrogens is 362 g/mol. The highest BCUT2D eigenvalue weighted by atomic mass is 14.3. The van der Waals surface area contributed by atoms with Crippen LogP contribution in [0.4, 0.5) is 0 Å². The van der Waals surface area contributed by atoms with Crippen molar-refractivity contribution >= 4 is 0 Å². The van der Waals surface area contributed by atoms with Gasteiger partial charge in [-0.3, -0.25) is 0 Å². The van der Waals surface area contributed by atoms with Gasteiger partial charge in [-0.2, -0.15) is 5.26 Å². The van der Waals surface area contributed by atoms with Gasteiger partial charge in [-0.25, -0.2) is 0 Å². The van der Waals surface area contributed by atoms with Crippen molar-refractivity contribution in [2.24, 2.45) is 0 Å². The molecule has 2 aromatic rings. The van der Waals surface area contributed by atoms with E-state index in [4.69, 9.17) is 0 Å². The Hall–Kier alpha value is -2.07. The highest BCUT2D eigenvalue weighted by molar-refractivity contribution is 5.43. The van der Waals surface area contributed by atoms with E-state index in [9.17, 15) is 5.26 Å². The third-order valence-electron chi connectivity index (χ3n) is 6.59. The smallest absolute Gasteiger partial charge is 0.0991 e. The highest BCUT2D eigenvalue weighted by Crippen LogP contribution is 2.38. The van der Waals surface area contributed by atoms with Crippen molar-refractivity contribution in [2.75, 3.05) is 0 Å². The Labute approximate surface area is 185 Å². The maximum atomic E-state index is 9.57. The van der Waals surface area contributed by atoms with Gasteiger partial charge in [0.1, 0.15) is 0 Å². The summed E-state index contributed by atoms with van der Waals surface area (Å²) in [7, 11) is 0. The SMILES string of the molecule is CC(C)(C)c1cccc(C(C)(C)CCC(C)(C)c2cc(C#N)cc(C(C)(C)C)c2)c1. The van der Waals surface area contributed by atoms with Crippen molar-refractivity contribution < 1.29 is 0 Å². The molecule has 1 heteroatoms. The van der Waals surface area contributed by atoms with Crippen LogP contribution in [0.5, 0.6) is 0 Å². The molecule has 0 aliphatic rings. The molecule has 0 saturated heterocycles. The Morgan fingerprint density at radius 3 is 1.53 bits per heavy atom. The van der Waals surface area contributed by atoms with Crippen molar-refractivity contribution in [3.05, 3.63) is 70.3 Å². The summed E-state index contributed by atoms with van der Waals surface area (Å²) in [6, 6.07) is 17.9. The Morgan fingerprint density at radius 1 is 0.600 bits per heavy atom. The van der Waals surface area contributed by atoms with E-state index in [0.717, 1.165) is 18.4 Å². The summed E-state index contributed by atoms with van der Waals surface area (Å²) in [4.78, 5) is 0. The summed E-state index contributed by atoms with van der Waals surface area (Å²) in [5.41, 5.74) is 6.37. The molecule has 0 spiro atoms. The van der Waals surface area contributed by atoms with E-state index < -0.39 is 0 Å². The van der Waals surface area contributed by atoms with E-state index in [2.05, 4.69) is 112 Å². The lowest BCUT2D eigenvalue weighted by Crippen LogP contribution is -2.25. The van der Waals surface area contributed by atoms with Crippen molar-refractivity contribution in [3.63, 3.8) is 0 Å². The number of benzene rings is 2. The summed E-state index contributed by atoms with van der Waals surface area (Å²) < 4.78 is 0. The molecule has 0 N–H and O–H groups in total. The van der Waals surface area contributed by atoms with Gasteiger partial charge in [0.2, 0.25) is 0 Å². The van der Waals surface area contributed by atoms with Crippen LogP contribution in [0.25, 0.3) is 0 Å². The molecule has 2 rings (SSSR count). The molecule has 0 fully saturated rings. The second-order valence-electron chi connectivity index (χ2n) is 12.3. The zero-order valence-electron chi connectivity index (χ0n) is 20.9. The Kier molecular flexibility index (Phi) is 6.63. The van der Waals surface area contributed by atoms with Gasteiger partial charge in [-0.15, -0.1) is 0 Å². The number of hydrogen-bond donors (Lipinski definition) is 0. The standard InChI is InChI=1S/C29H41N/c1-26(2,3)22-12-11-13-23(18-22)28(7,8)14-15-29(9,10)25-17-21(20-30)16-24(19-25)27(4,5)6/h11-13,16-19H,14-15H2,1-10H3. The van der Waals surface area contributed by atoms with Crippen LogP contribution in [0.1, 0.15) is 110 Å². The molecule has 0 heterocycles. The fourth-order valence-electron chi connectivity index (χ4n) is 3.84. The highest BCUT2D eigenvalue weighted by Gasteiger charge is 2.29. The molecule has 2 aromatic carbocycles. The van der Waals surface area contributed by atoms with E-state index in [-0.39, 0.29) is 21.7 Å². The summed E-state index contributed by atoms with van der Waals surface area (Å²) >= 11 is 0. The molecule has 0 bridgehead atoms. The van der Waals surface area contributed by atoms with E-state index in [1.54, 1.807) is 0 Å². The fourth-order valence-corrected chi connectivity index (χ4v) is 3.84. The molecular formula is C29H41N. The molecule has 1 nitrogen and oxygen atoms in total. The van der Waals surface area contributed by atoms with Gasteiger partial charge in [0.15, 0.2) is 0 Å². The first-order valence-corrected chi connectivity index (χ1v) is 11.2. The lowest BCUT2D eigenvalue weighted by atomic mass is 9.71. The van der Waals surface area contributed by atoms with Crippen molar-refractivity contribution in [3.8, 4) is 6.07 Å². The minimum atomic E-state index is 0.00572. The van der Waals surface area contributed by atoms with E-state index >= 15 is 0 Å². The van der Waals surface area contributed by atoms with Gasteiger partial charge in [-0.1, -0.05) is 99.6 Å². The zero-order valence-corrected chi connectivity index (χ0v) is 20.9. The lowest BCUT2D eigenvalue weighted by molar-refractivity contribution is 0.373. The first-order valence-electron chi connectivity index (χ1n) is 11.2. The summed E-state index contributed by atoms with van der Waals surface area (Å²) in [5, 5.41) is 9.57. The Bertz CT molecular complexity index is 924. The minimum Gasteiger partial charge on any atom is -0.192 e. The summed E-state index contributed by atoms with van der Waals surface area (Å²) in [6.07, 6.45) is 2.16. The molecule has 0 aliphatic carbocycles. The zero-order chi connectivity index (χ0) is 23.0. The van der Waals surface area contributed by atoms with Crippen LogP contribution in [0.15, 0.2) is 42.5 Å². The Balaban J connectivity index is 2.31. The fraction of sp³-hybridized carbons (Fsp3) is 0.552. The van der Waals surface area contributed by atoms with Gasteiger partial charge in [-0.05, 0) is 68.9 Å². The summed E-state index contributed by atoms with van der Waals surface area (Å²) in [6.45, 7) is 22.8. The number of hydrogen-bond acceptors (Lipinski definition) is 1. The first kappa shape index (κ1) is 24.2. The monoisotopic (exact) mass is 403 g/mol. The number of rotatable bonds is 5. The van der Waals surface area contributed by atoms with Gasteiger partial charge < -0.3 is 0 Å². The maximum absolute atomic E-state index is 9.57. The van der Waals surface area contributed by atoms with Gasteiger partial charge in [0.25, 0.3) is 0 Å². The molecule has 0 atom stereocenters. The molecule has 0 amide bonds. The average molecular weight is 404 g/mol. The van der Waals surface area contributed by atoms with Crippen LogP contribution >= 0.6 is 0 Å². The van der Waals surface area contributed by atoms with Gasteiger partial charge >= 0.3 is 0 Å². The number of nitrogens with zero attached hydrogens (tertiary/aromatic N) is 1. The second kappa shape index (κ2) is 8.22. The molecule has 0 unspecified atom stereocenters. The molecule has 0 aromatic heterocycles. The van der Waals surface area contributed by atoms with Crippen molar-refractivity contribution in [2.45, 2.75) is 104 Å². The third kappa shape index (κ3) is 5.75. The lowest BCUT2D eigenvalue weighted by Gasteiger charge is -2.34. The number of nitriles is 1. The molecule has 0 radical (unpaired) electrons. The molecule has 162 valence electrons. The average Bonchev–Trinajstić information content (AvgIpc) is 2.65. The molecule has 0 aliphatic heterocycles. The van der Waals surface area contributed by atoms with E-state index in [1.807, 2.05) is 6.07 Å². The van der Waals surface area contributed by atoms with Crippen LogP contribution in [-0.4, -0.2) is 0 Å². The predicted octanol–water partition coefficient (Wildman–Crippen LogP) is 8.19. The third-order valence-corrected chi connectivity index (χ3v) is 6.59.